The zero-order valence-electron chi connectivity index (χ0n) is 9.53. The van der Waals surface area contributed by atoms with E-state index >= 15 is 0 Å². The quantitative estimate of drug-likeness (QED) is 0.724. The van der Waals surface area contributed by atoms with Crippen LogP contribution in [0.4, 0.5) is 0 Å². The number of morpholine rings is 1. The molecule has 0 aromatic rings. The normalized spacial score (nSPS) is 15.9. The number of thioether (sulfide) groups is 1. The first-order valence-electron chi connectivity index (χ1n) is 5.44. The van der Waals surface area contributed by atoms with Gasteiger partial charge in [0, 0.05) is 19.6 Å². The van der Waals surface area contributed by atoms with Crippen molar-refractivity contribution in [3.63, 3.8) is 0 Å². The molecule has 16 heavy (non-hydrogen) atoms. The average molecular weight is 246 g/mol. The Labute approximate surface area is 99.9 Å². The van der Waals surface area contributed by atoms with Crippen LogP contribution in [0, 0.1) is 0 Å². The number of hydrogen-bond acceptors (Lipinski definition) is 4. The molecule has 0 aromatic heterocycles. The van der Waals surface area contributed by atoms with Crippen LogP contribution in [0.25, 0.3) is 0 Å². The molecule has 0 aliphatic carbocycles. The maximum Gasteiger partial charge on any atom is 0.232 e. The van der Waals surface area contributed by atoms with Gasteiger partial charge in [0.25, 0.3) is 0 Å². The van der Waals surface area contributed by atoms with Gasteiger partial charge in [-0.2, -0.15) is 0 Å². The molecule has 92 valence electrons. The standard InChI is InChI=1S/C10H18N2O3S/c1-2-11-9(13)7-16-8-10(14)12-3-5-15-6-4-12/h2-8H2,1H3,(H,11,13). The summed E-state index contributed by atoms with van der Waals surface area (Å²) in [6, 6.07) is 0. The van der Waals surface area contributed by atoms with E-state index in [0.717, 1.165) is 0 Å². The van der Waals surface area contributed by atoms with Gasteiger partial charge in [0.05, 0.1) is 24.7 Å². The predicted octanol–water partition coefficient (Wildman–Crippen LogP) is -0.285. The van der Waals surface area contributed by atoms with Gasteiger partial charge in [-0.05, 0) is 6.92 Å². The van der Waals surface area contributed by atoms with Crippen molar-refractivity contribution >= 4 is 23.6 Å². The Morgan fingerprint density at radius 2 is 2.00 bits per heavy atom. The molecule has 0 aromatic carbocycles. The van der Waals surface area contributed by atoms with Crippen molar-refractivity contribution < 1.29 is 14.3 Å². The predicted molar refractivity (Wildman–Crippen MR) is 63.4 cm³/mol. The van der Waals surface area contributed by atoms with Crippen LogP contribution >= 0.6 is 11.8 Å². The third kappa shape index (κ3) is 4.85. The van der Waals surface area contributed by atoms with E-state index in [1.165, 1.54) is 11.8 Å². The second-order valence-corrected chi connectivity index (χ2v) is 4.43. The minimum Gasteiger partial charge on any atom is -0.378 e. The van der Waals surface area contributed by atoms with Gasteiger partial charge in [0.1, 0.15) is 0 Å². The van der Waals surface area contributed by atoms with Gasteiger partial charge in [-0.1, -0.05) is 0 Å². The fourth-order valence-corrected chi connectivity index (χ4v) is 2.13. The van der Waals surface area contributed by atoms with E-state index < -0.39 is 0 Å². The third-order valence-electron chi connectivity index (χ3n) is 2.20. The fourth-order valence-electron chi connectivity index (χ4n) is 1.38. The van der Waals surface area contributed by atoms with Crippen LogP contribution in [0.15, 0.2) is 0 Å². The summed E-state index contributed by atoms with van der Waals surface area (Å²) in [6.45, 7) is 5.08. The first-order valence-corrected chi connectivity index (χ1v) is 6.59. The van der Waals surface area contributed by atoms with Gasteiger partial charge in [0.2, 0.25) is 11.8 Å². The number of nitrogens with one attached hydrogen (secondary N) is 1. The largest absolute Gasteiger partial charge is 0.378 e. The number of rotatable bonds is 5. The first-order chi connectivity index (χ1) is 7.74. The van der Waals surface area contributed by atoms with Crippen LogP contribution < -0.4 is 5.32 Å². The monoisotopic (exact) mass is 246 g/mol. The highest BCUT2D eigenvalue weighted by molar-refractivity contribution is 8.00. The van der Waals surface area contributed by atoms with Crippen molar-refractivity contribution in [3.05, 3.63) is 0 Å². The van der Waals surface area contributed by atoms with Crippen LogP contribution in [0.2, 0.25) is 0 Å². The topological polar surface area (TPSA) is 58.6 Å². The molecule has 0 unspecified atom stereocenters. The summed E-state index contributed by atoms with van der Waals surface area (Å²) in [6.07, 6.45) is 0. The number of hydrogen-bond donors (Lipinski definition) is 1. The molecule has 1 fully saturated rings. The molecule has 0 bridgehead atoms. The van der Waals surface area contributed by atoms with Crippen LogP contribution in [-0.4, -0.2) is 61.1 Å². The second-order valence-electron chi connectivity index (χ2n) is 3.44. The van der Waals surface area contributed by atoms with E-state index in [1.54, 1.807) is 4.90 Å². The van der Waals surface area contributed by atoms with Crippen LogP contribution in [-0.2, 0) is 14.3 Å². The summed E-state index contributed by atoms with van der Waals surface area (Å²) >= 11 is 1.36. The van der Waals surface area contributed by atoms with E-state index in [2.05, 4.69) is 5.32 Å². The SMILES string of the molecule is CCNC(=O)CSCC(=O)N1CCOCC1. The van der Waals surface area contributed by atoms with Crippen molar-refractivity contribution in [1.29, 1.82) is 0 Å². The van der Waals surface area contributed by atoms with Crippen molar-refractivity contribution in [3.8, 4) is 0 Å². The summed E-state index contributed by atoms with van der Waals surface area (Å²) in [7, 11) is 0. The molecule has 0 atom stereocenters. The lowest BCUT2D eigenvalue weighted by Crippen LogP contribution is -2.41. The Morgan fingerprint density at radius 1 is 1.31 bits per heavy atom. The van der Waals surface area contributed by atoms with E-state index in [-0.39, 0.29) is 11.8 Å². The van der Waals surface area contributed by atoms with Crippen molar-refractivity contribution in [2.75, 3.05) is 44.4 Å². The van der Waals surface area contributed by atoms with Crippen LogP contribution in [0.5, 0.6) is 0 Å². The molecule has 0 saturated carbocycles. The molecule has 1 saturated heterocycles. The first kappa shape index (κ1) is 13.3. The molecule has 1 aliphatic rings. The van der Waals surface area contributed by atoms with E-state index in [1.807, 2.05) is 6.92 Å². The molecule has 1 N–H and O–H groups in total. The van der Waals surface area contributed by atoms with E-state index in [9.17, 15) is 9.59 Å². The van der Waals surface area contributed by atoms with Crippen LogP contribution in [0.1, 0.15) is 6.92 Å². The summed E-state index contributed by atoms with van der Waals surface area (Å²) in [4.78, 5) is 24.6. The van der Waals surface area contributed by atoms with E-state index in [4.69, 9.17) is 4.74 Å². The van der Waals surface area contributed by atoms with Crippen molar-refractivity contribution in [2.24, 2.45) is 0 Å². The van der Waals surface area contributed by atoms with Gasteiger partial charge in [0.15, 0.2) is 0 Å². The smallest absolute Gasteiger partial charge is 0.232 e. The van der Waals surface area contributed by atoms with Gasteiger partial charge >= 0.3 is 0 Å². The third-order valence-corrected chi connectivity index (χ3v) is 3.11. The zero-order chi connectivity index (χ0) is 11.8. The van der Waals surface area contributed by atoms with Gasteiger partial charge in [-0.25, -0.2) is 0 Å². The molecule has 5 nitrogen and oxygen atoms in total. The highest BCUT2D eigenvalue weighted by atomic mass is 32.2. The second kappa shape index (κ2) is 7.51. The lowest BCUT2D eigenvalue weighted by Gasteiger charge is -2.26. The Morgan fingerprint density at radius 3 is 2.62 bits per heavy atom. The molecular formula is C10H18N2O3S. The average Bonchev–Trinajstić information content (AvgIpc) is 2.30. The number of amides is 2. The number of nitrogens with zero attached hydrogens (tertiary/aromatic N) is 1. The lowest BCUT2D eigenvalue weighted by molar-refractivity contribution is -0.132. The molecular weight excluding hydrogens is 228 g/mol. The zero-order valence-corrected chi connectivity index (χ0v) is 10.3. The number of ether oxygens (including phenoxy) is 1. The van der Waals surface area contributed by atoms with Crippen molar-refractivity contribution in [1.82, 2.24) is 10.2 Å². The lowest BCUT2D eigenvalue weighted by atomic mass is 10.4. The Hall–Kier alpha value is -0.750. The molecule has 1 heterocycles. The minimum absolute atomic E-state index is 0.0118. The summed E-state index contributed by atoms with van der Waals surface area (Å²) in [5.41, 5.74) is 0. The molecule has 0 radical (unpaired) electrons. The number of carbonyl (C=O) groups excluding carboxylic acids is 2. The summed E-state index contributed by atoms with van der Waals surface area (Å²) in [5, 5.41) is 2.69. The Bertz CT molecular complexity index is 242. The van der Waals surface area contributed by atoms with Gasteiger partial charge in [-0.3, -0.25) is 9.59 Å². The highest BCUT2D eigenvalue weighted by Crippen LogP contribution is 2.04. The molecule has 1 rings (SSSR count). The Balaban J connectivity index is 2.12. The Kier molecular flexibility index (Phi) is 6.25. The van der Waals surface area contributed by atoms with Gasteiger partial charge in [-0.15, -0.1) is 11.8 Å². The molecule has 1 aliphatic heterocycles. The minimum atomic E-state index is -0.0118. The molecule has 6 heteroatoms. The molecule has 2 amide bonds. The maximum absolute atomic E-state index is 11.7. The maximum atomic E-state index is 11.7. The fraction of sp³-hybridized carbons (Fsp3) is 0.800. The summed E-state index contributed by atoms with van der Waals surface area (Å²) in [5.74, 6) is 0.806. The molecule has 0 spiro atoms. The van der Waals surface area contributed by atoms with Gasteiger partial charge < -0.3 is 15.0 Å². The van der Waals surface area contributed by atoms with Crippen molar-refractivity contribution in [2.45, 2.75) is 6.92 Å². The summed E-state index contributed by atoms with van der Waals surface area (Å²) < 4.78 is 5.16. The van der Waals surface area contributed by atoms with Crippen LogP contribution in [0.3, 0.4) is 0 Å². The highest BCUT2D eigenvalue weighted by Gasteiger charge is 2.16. The number of carbonyl (C=O) groups is 2. The van der Waals surface area contributed by atoms with E-state index in [0.29, 0.717) is 44.4 Å².